The molecule has 2 rings (SSSR count). The molecule has 0 unspecified atom stereocenters. The van der Waals surface area contributed by atoms with Gasteiger partial charge in [0, 0.05) is 14.1 Å². The Balaban J connectivity index is 3.02. The van der Waals surface area contributed by atoms with E-state index in [9.17, 15) is 9.90 Å². The van der Waals surface area contributed by atoms with Gasteiger partial charge >= 0.3 is 5.69 Å². The minimum atomic E-state index is -0.407. The molecule has 2 aliphatic heterocycles. The molecule has 0 amide bonds. The van der Waals surface area contributed by atoms with Crippen LogP contribution in [0.3, 0.4) is 0 Å². The second kappa shape index (κ2) is 2.32. The molecule has 6 heteroatoms. The van der Waals surface area contributed by atoms with E-state index in [2.05, 4.69) is 9.97 Å². The lowest BCUT2D eigenvalue weighted by atomic mass is 10.4. The molecule has 0 fully saturated rings. The number of fused-ring (bicyclic) bond motifs is 1. The van der Waals surface area contributed by atoms with Crippen LogP contribution < -0.4 is 10.8 Å². The molecule has 0 aromatic carbocycles. The van der Waals surface area contributed by atoms with Gasteiger partial charge in [0.2, 0.25) is 0 Å². The highest BCUT2D eigenvalue weighted by Gasteiger charge is 2.13. The van der Waals surface area contributed by atoms with Gasteiger partial charge in [-0.25, -0.2) is 14.8 Å². The Hall–Kier alpha value is -1.85. The van der Waals surface area contributed by atoms with Crippen molar-refractivity contribution in [1.29, 1.82) is 0 Å². The second-order valence-corrected chi connectivity index (χ2v) is 2.75. The minimum absolute atomic E-state index is 0.226. The van der Waals surface area contributed by atoms with Crippen LogP contribution in [-0.2, 0) is 14.1 Å². The Morgan fingerprint density at radius 2 is 2.00 bits per heavy atom. The summed E-state index contributed by atoms with van der Waals surface area (Å²) in [5, 5.41) is 11.4. The van der Waals surface area contributed by atoms with Crippen LogP contribution in [0, 0.1) is 0 Å². The zero-order chi connectivity index (χ0) is 9.59. The van der Waals surface area contributed by atoms with Gasteiger partial charge in [-0.3, -0.25) is 4.57 Å². The Kier molecular flexibility index (Phi) is 1.39. The van der Waals surface area contributed by atoms with Gasteiger partial charge in [0.25, 0.3) is 0 Å². The summed E-state index contributed by atoms with van der Waals surface area (Å²) < 4.78 is 2.31. The second-order valence-electron chi connectivity index (χ2n) is 2.75. The average molecular weight is 179 g/mol. The summed E-state index contributed by atoms with van der Waals surface area (Å²) in [6, 6.07) is 0. The van der Waals surface area contributed by atoms with E-state index in [0.29, 0.717) is 5.82 Å². The van der Waals surface area contributed by atoms with Gasteiger partial charge in [-0.15, -0.1) is 0 Å². The van der Waals surface area contributed by atoms with E-state index in [1.54, 1.807) is 7.05 Å². The van der Waals surface area contributed by atoms with Crippen molar-refractivity contribution in [1.82, 2.24) is 19.1 Å². The number of hydrogen-bond donors (Lipinski definition) is 0. The van der Waals surface area contributed by atoms with Crippen LogP contribution >= 0.6 is 0 Å². The van der Waals surface area contributed by atoms with Gasteiger partial charge in [-0.2, -0.15) is 0 Å². The molecule has 0 saturated heterocycles. The Morgan fingerprint density at radius 1 is 1.31 bits per heavy atom. The molecule has 13 heavy (non-hydrogen) atoms. The van der Waals surface area contributed by atoms with Gasteiger partial charge in [-0.1, -0.05) is 0 Å². The molecule has 0 aromatic rings. The maximum Gasteiger partial charge on any atom is 0.328 e. The lowest BCUT2D eigenvalue weighted by Crippen LogP contribution is -2.31. The molecule has 0 N–H and O–H groups in total. The van der Waals surface area contributed by atoms with Crippen molar-refractivity contribution < 1.29 is 5.11 Å². The van der Waals surface area contributed by atoms with E-state index in [4.69, 9.17) is 0 Å². The normalized spacial score (nSPS) is 10.9. The summed E-state index contributed by atoms with van der Waals surface area (Å²) in [6.07, 6.45) is 1.27. The van der Waals surface area contributed by atoms with Crippen LogP contribution in [0.5, 0.6) is 5.88 Å². The van der Waals surface area contributed by atoms with Gasteiger partial charge < -0.3 is 9.67 Å². The summed E-state index contributed by atoms with van der Waals surface area (Å²) in [4.78, 5) is 19.0. The van der Waals surface area contributed by atoms with Crippen LogP contribution in [-0.4, -0.2) is 19.1 Å². The van der Waals surface area contributed by atoms with Crippen LogP contribution in [0.4, 0.5) is 0 Å². The summed E-state index contributed by atoms with van der Waals surface area (Å²) in [5.74, 6) is -0.0799. The maximum atomic E-state index is 11.4. The van der Waals surface area contributed by atoms with Gasteiger partial charge in [-0.05, 0) is 5.88 Å². The largest absolute Gasteiger partial charge is 0.858 e. The summed E-state index contributed by atoms with van der Waals surface area (Å²) >= 11 is 0. The molecule has 0 aliphatic carbocycles. The Bertz CT molecular complexity index is 484. The van der Waals surface area contributed by atoms with Crippen molar-refractivity contribution in [2.45, 2.75) is 0 Å². The van der Waals surface area contributed by atoms with Crippen LogP contribution in [0.2, 0.25) is 0 Å². The lowest BCUT2D eigenvalue weighted by molar-refractivity contribution is -0.278. The number of hydrogen-bond acceptors (Lipinski definition) is 4. The average Bonchev–Trinajstić information content (AvgIpc) is 2.59. The number of aromatic nitrogens is 4. The van der Waals surface area contributed by atoms with Crippen molar-refractivity contribution in [3.63, 3.8) is 0 Å². The molecule has 68 valence electrons. The van der Waals surface area contributed by atoms with Gasteiger partial charge in [0.15, 0.2) is 5.82 Å². The fraction of sp³-hybridized carbons (Fsp3) is 0.286. The Labute approximate surface area is 73.4 Å². The third kappa shape index (κ3) is 0.851. The number of imidazole rings is 1. The molecule has 2 heterocycles. The third-order valence-electron chi connectivity index (χ3n) is 1.98. The summed E-state index contributed by atoms with van der Waals surface area (Å²) in [5.41, 5.74) is -0.164. The molecule has 0 atom stereocenters. The lowest BCUT2D eigenvalue weighted by Gasteiger charge is -2.17. The van der Waals surface area contributed by atoms with Crippen molar-refractivity contribution >= 4 is 0 Å². The topological polar surface area (TPSA) is 75.8 Å². The monoisotopic (exact) mass is 179 g/mol. The first-order valence-corrected chi connectivity index (χ1v) is 3.66. The SMILES string of the molecule is Cn1c2ncnc-2c([O-])n(C)c1=O. The first kappa shape index (κ1) is 7.78. The smallest absolute Gasteiger partial charge is 0.328 e. The highest BCUT2D eigenvalue weighted by atomic mass is 16.3. The van der Waals surface area contributed by atoms with Crippen molar-refractivity contribution in [2.75, 3.05) is 0 Å². The van der Waals surface area contributed by atoms with E-state index >= 15 is 0 Å². The van der Waals surface area contributed by atoms with Crippen molar-refractivity contribution in [3.8, 4) is 17.4 Å². The van der Waals surface area contributed by atoms with E-state index in [0.717, 1.165) is 4.57 Å². The maximum absolute atomic E-state index is 11.4. The molecular formula is C7H7N4O2-. The molecule has 2 aliphatic rings. The first-order valence-electron chi connectivity index (χ1n) is 3.66. The molecule has 0 bridgehead atoms. The van der Waals surface area contributed by atoms with Crippen LogP contribution in [0.1, 0.15) is 0 Å². The molecule has 0 spiro atoms. The summed E-state index contributed by atoms with van der Waals surface area (Å²) in [7, 11) is 2.97. The van der Waals surface area contributed by atoms with E-state index in [1.165, 1.54) is 17.9 Å². The summed E-state index contributed by atoms with van der Waals surface area (Å²) in [6.45, 7) is 0. The molecule has 6 nitrogen and oxygen atoms in total. The predicted octanol–water partition coefficient (Wildman–Crippen LogP) is -1.31. The quantitative estimate of drug-likeness (QED) is 0.503. The first-order chi connectivity index (χ1) is 6.13. The van der Waals surface area contributed by atoms with E-state index < -0.39 is 11.6 Å². The molecule has 0 saturated carbocycles. The Morgan fingerprint density at radius 3 is 2.69 bits per heavy atom. The zero-order valence-corrected chi connectivity index (χ0v) is 7.18. The number of rotatable bonds is 0. The molecule has 0 radical (unpaired) electrons. The van der Waals surface area contributed by atoms with Crippen molar-refractivity contribution in [3.05, 3.63) is 16.8 Å². The van der Waals surface area contributed by atoms with Crippen LogP contribution in [0.15, 0.2) is 11.1 Å². The van der Waals surface area contributed by atoms with Gasteiger partial charge in [0.1, 0.15) is 12.0 Å². The third-order valence-corrected chi connectivity index (χ3v) is 1.98. The standard InChI is InChI=1S/C7H8N4O2/c1-10-5-4(8-3-9-5)6(12)11(2)7(10)13/h3,12H,1-2H3/p-1. The van der Waals surface area contributed by atoms with Crippen LogP contribution in [0.25, 0.3) is 11.5 Å². The fourth-order valence-electron chi connectivity index (χ4n) is 1.22. The fourth-order valence-corrected chi connectivity index (χ4v) is 1.22. The van der Waals surface area contributed by atoms with Crippen molar-refractivity contribution in [2.24, 2.45) is 14.1 Å². The highest BCUT2D eigenvalue weighted by molar-refractivity contribution is 5.56. The zero-order valence-electron chi connectivity index (χ0n) is 7.18. The van der Waals surface area contributed by atoms with E-state index in [1.807, 2.05) is 0 Å². The van der Waals surface area contributed by atoms with E-state index in [-0.39, 0.29) is 5.69 Å². The minimum Gasteiger partial charge on any atom is -0.858 e. The number of nitrogens with zero attached hydrogens (tertiary/aromatic N) is 4. The highest BCUT2D eigenvalue weighted by Crippen LogP contribution is 2.20. The molecular weight excluding hydrogens is 172 g/mol. The molecule has 0 aromatic heterocycles. The van der Waals surface area contributed by atoms with Gasteiger partial charge in [0.05, 0.1) is 0 Å². The predicted molar refractivity (Wildman–Crippen MR) is 42.3 cm³/mol.